The molecule has 1 aliphatic carbocycles. The number of esters is 1. The van der Waals surface area contributed by atoms with Gasteiger partial charge in [0.05, 0.1) is 17.2 Å². The predicted octanol–water partition coefficient (Wildman–Crippen LogP) is 3.03. The summed E-state index contributed by atoms with van der Waals surface area (Å²) >= 11 is 0. The fraction of sp³-hybridized carbons (Fsp3) is 0.389. The SMILES string of the molecule is Cc1ccc(S(=O)(=O)N[C@H]2CCCC[C@@H]2OC(=O)c2ccco2)cc1. The quantitative estimate of drug-likeness (QED) is 0.825. The van der Waals surface area contributed by atoms with Gasteiger partial charge in [-0.1, -0.05) is 24.1 Å². The summed E-state index contributed by atoms with van der Waals surface area (Å²) in [4.78, 5) is 12.3. The van der Waals surface area contributed by atoms with Gasteiger partial charge < -0.3 is 9.15 Å². The second-order valence-electron chi connectivity index (χ2n) is 6.25. The number of sulfonamides is 1. The number of aryl methyl sites for hydroxylation is 1. The van der Waals surface area contributed by atoms with Crippen LogP contribution in [0.1, 0.15) is 41.8 Å². The summed E-state index contributed by atoms with van der Waals surface area (Å²) in [5.41, 5.74) is 0.988. The molecule has 134 valence electrons. The smallest absolute Gasteiger partial charge is 0.374 e. The fourth-order valence-corrected chi connectivity index (χ4v) is 4.25. The highest BCUT2D eigenvalue weighted by Crippen LogP contribution is 2.24. The highest BCUT2D eigenvalue weighted by atomic mass is 32.2. The van der Waals surface area contributed by atoms with Crippen molar-refractivity contribution in [3.8, 4) is 0 Å². The first kappa shape index (κ1) is 17.7. The minimum Gasteiger partial charge on any atom is -0.457 e. The zero-order valence-corrected chi connectivity index (χ0v) is 14.8. The molecule has 7 heteroatoms. The average molecular weight is 363 g/mol. The topological polar surface area (TPSA) is 85.6 Å². The lowest BCUT2D eigenvalue weighted by Crippen LogP contribution is -2.46. The van der Waals surface area contributed by atoms with Gasteiger partial charge in [0, 0.05) is 0 Å². The van der Waals surface area contributed by atoms with Crippen molar-refractivity contribution >= 4 is 16.0 Å². The van der Waals surface area contributed by atoms with Gasteiger partial charge in [0.1, 0.15) is 6.10 Å². The molecule has 0 spiro atoms. The molecular weight excluding hydrogens is 342 g/mol. The lowest BCUT2D eigenvalue weighted by atomic mass is 9.93. The van der Waals surface area contributed by atoms with Gasteiger partial charge in [-0.3, -0.25) is 0 Å². The van der Waals surface area contributed by atoms with E-state index in [2.05, 4.69) is 4.72 Å². The van der Waals surface area contributed by atoms with Crippen LogP contribution in [0, 0.1) is 6.92 Å². The lowest BCUT2D eigenvalue weighted by Gasteiger charge is -2.31. The minimum absolute atomic E-state index is 0.116. The van der Waals surface area contributed by atoms with Crippen molar-refractivity contribution in [2.75, 3.05) is 0 Å². The second-order valence-corrected chi connectivity index (χ2v) is 7.96. The Kier molecular flexibility index (Phi) is 5.24. The molecule has 6 nitrogen and oxygen atoms in total. The molecule has 2 aromatic rings. The highest BCUT2D eigenvalue weighted by molar-refractivity contribution is 7.89. The third kappa shape index (κ3) is 4.29. The van der Waals surface area contributed by atoms with Crippen molar-refractivity contribution in [1.82, 2.24) is 4.72 Å². The zero-order chi connectivity index (χ0) is 17.9. The van der Waals surface area contributed by atoms with Crippen LogP contribution in [0.5, 0.6) is 0 Å². The third-order valence-corrected chi connectivity index (χ3v) is 5.83. The number of ether oxygens (including phenoxy) is 1. The molecule has 0 saturated heterocycles. The number of rotatable bonds is 5. The summed E-state index contributed by atoms with van der Waals surface area (Å²) in [6.07, 6.45) is 3.91. The number of hydrogen-bond acceptors (Lipinski definition) is 5. The van der Waals surface area contributed by atoms with E-state index in [4.69, 9.17) is 9.15 Å². The van der Waals surface area contributed by atoms with Crippen molar-refractivity contribution in [3.05, 3.63) is 54.0 Å². The number of carbonyl (C=O) groups is 1. The summed E-state index contributed by atoms with van der Waals surface area (Å²) in [7, 11) is -3.66. The summed E-state index contributed by atoms with van der Waals surface area (Å²) in [5, 5.41) is 0. The predicted molar refractivity (Wildman–Crippen MR) is 91.7 cm³/mol. The molecule has 0 amide bonds. The molecule has 1 aliphatic rings. The fourth-order valence-electron chi connectivity index (χ4n) is 2.95. The van der Waals surface area contributed by atoms with E-state index < -0.39 is 28.1 Å². The van der Waals surface area contributed by atoms with E-state index in [1.807, 2.05) is 6.92 Å². The molecule has 1 aromatic carbocycles. The van der Waals surface area contributed by atoms with Gasteiger partial charge in [-0.15, -0.1) is 0 Å². The van der Waals surface area contributed by atoms with E-state index in [1.54, 1.807) is 30.3 Å². The lowest BCUT2D eigenvalue weighted by molar-refractivity contribution is 0.00982. The largest absolute Gasteiger partial charge is 0.457 e. The molecule has 0 bridgehead atoms. The van der Waals surface area contributed by atoms with E-state index in [9.17, 15) is 13.2 Å². The van der Waals surface area contributed by atoms with E-state index in [-0.39, 0.29) is 10.7 Å². The van der Waals surface area contributed by atoms with Crippen molar-refractivity contribution in [1.29, 1.82) is 0 Å². The van der Waals surface area contributed by atoms with Gasteiger partial charge in [-0.2, -0.15) is 0 Å². The first-order valence-electron chi connectivity index (χ1n) is 8.29. The Labute approximate surface area is 147 Å². The average Bonchev–Trinajstić information content (AvgIpc) is 3.11. The maximum absolute atomic E-state index is 12.6. The third-order valence-electron chi connectivity index (χ3n) is 4.32. The number of nitrogens with one attached hydrogen (secondary N) is 1. The van der Waals surface area contributed by atoms with Crippen molar-refractivity contribution < 1.29 is 22.4 Å². The monoisotopic (exact) mass is 363 g/mol. The van der Waals surface area contributed by atoms with E-state index >= 15 is 0 Å². The van der Waals surface area contributed by atoms with Crippen LogP contribution in [-0.2, 0) is 14.8 Å². The maximum atomic E-state index is 12.6. The molecular formula is C18H21NO5S. The minimum atomic E-state index is -3.66. The van der Waals surface area contributed by atoms with E-state index in [1.165, 1.54) is 12.3 Å². The Hall–Kier alpha value is -2.12. The molecule has 2 atom stereocenters. The molecule has 1 fully saturated rings. The van der Waals surface area contributed by atoms with Crippen LogP contribution in [0.2, 0.25) is 0 Å². The second kappa shape index (κ2) is 7.41. The van der Waals surface area contributed by atoms with E-state index in [0.717, 1.165) is 18.4 Å². The number of furan rings is 1. The summed E-state index contributed by atoms with van der Waals surface area (Å²) in [6, 6.07) is 9.34. The van der Waals surface area contributed by atoms with Crippen LogP contribution in [0.15, 0.2) is 52.0 Å². The Bertz CT molecular complexity index is 812. The Morgan fingerprint density at radius 2 is 1.88 bits per heavy atom. The van der Waals surface area contributed by atoms with Crippen molar-refractivity contribution in [2.45, 2.75) is 49.6 Å². The first-order chi connectivity index (χ1) is 12.0. The maximum Gasteiger partial charge on any atom is 0.374 e. The van der Waals surface area contributed by atoms with Crippen LogP contribution in [0.25, 0.3) is 0 Å². The Morgan fingerprint density at radius 1 is 1.16 bits per heavy atom. The Balaban J connectivity index is 1.72. The number of benzene rings is 1. The van der Waals surface area contributed by atoms with Crippen LogP contribution < -0.4 is 4.72 Å². The molecule has 1 N–H and O–H groups in total. The summed E-state index contributed by atoms with van der Waals surface area (Å²) < 4.78 is 38.4. The molecule has 0 aliphatic heterocycles. The molecule has 0 radical (unpaired) electrons. The van der Waals surface area contributed by atoms with Crippen LogP contribution in [0.4, 0.5) is 0 Å². The molecule has 0 unspecified atom stereocenters. The molecule has 1 aromatic heterocycles. The van der Waals surface area contributed by atoms with E-state index in [0.29, 0.717) is 12.8 Å². The van der Waals surface area contributed by atoms with Gasteiger partial charge in [-0.25, -0.2) is 17.9 Å². The van der Waals surface area contributed by atoms with Crippen LogP contribution in [-0.4, -0.2) is 26.5 Å². The molecule has 1 heterocycles. The van der Waals surface area contributed by atoms with Gasteiger partial charge in [0.2, 0.25) is 15.8 Å². The van der Waals surface area contributed by atoms with Gasteiger partial charge in [0.15, 0.2) is 0 Å². The first-order valence-corrected chi connectivity index (χ1v) is 9.77. The zero-order valence-electron chi connectivity index (χ0n) is 14.0. The molecule has 1 saturated carbocycles. The van der Waals surface area contributed by atoms with Gasteiger partial charge >= 0.3 is 5.97 Å². The number of hydrogen-bond donors (Lipinski definition) is 1. The normalized spacial score (nSPS) is 21.0. The molecule has 3 rings (SSSR count). The Morgan fingerprint density at radius 3 is 2.56 bits per heavy atom. The van der Waals surface area contributed by atoms with Crippen LogP contribution >= 0.6 is 0 Å². The number of carbonyl (C=O) groups excluding carboxylic acids is 1. The van der Waals surface area contributed by atoms with Crippen LogP contribution in [0.3, 0.4) is 0 Å². The highest BCUT2D eigenvalue weighted by Gasteiger charge is 2.32. The summed E-state index contributed by atoms with van der Waals surface area (Å²) in [6.45, 7) is 1.90. The standard InChI is InChI=1S/C18H21NO5S/c1-13-8-10-14(11-9-13)25(21,22)19-15-5-2-3-6-16(15)24-18(20)17-7-4-12-23-17/h4,7-12,15-16,19H,2-3,5-6H2,1H3/t15-,16-/m0/s1. The molecule has 25 heavy (non-hydrogen) atoms. The van der Waals surface area contributed by atoms with Gasteiger partial charge in [-0.05, 0) is 50.5 Å². The van der Waals surface area contributed by atoms with Crippen molar-refractivity contribution in [3.63, 3.8) is 0 Å². The summed E-state index contributed by atoms with van der Waals surface area (Å²) in [5.74, 6) is -0.456. The van der Waals surface area contributed by atoms with Crippen molar-refractivity contribution in [2.24, 2.45) is 0 Å². The van der Waals surface area contributed by atoms with Gasteiger partial charge in [0.25, 0.3) is 0 Å².